The smallest absolute Gasteiger partial charge is 0.433 e. The highest BCUT2D eigenvalue weighted by molar-refractivity contribution is 6.24. The van der Waals surface area contributed by atoms with E-state index in [1.54, 1.807) is 0 Å². The topological polar surface area (TPSA) is 98.7 Å². The van der Waals surface area contributed by atoms with Crippen molar-refractivity contribution in [2.75, 3.05) is 11.9 Å². The Balaban J connectivity index is 1.56. The number of aliphatic hydroxyl groups excluding tert-OH is 1. The van der Waals surface area contributed by atoms with Crippen LogP contribution in [0.5, 0.6) is 0 Å². The number of rotatable bonds is 5. The predicted octanol–water partition coefficient (Wildman–Crippen LogP) is 6.02. The molecule has 5 rings (SSSR count). The van der Waals surface area contributed by atoms with Crippen molar-refractivity contribution in [1.82, 2.24) is 20.0 Å². The summed E-state index contributed by atoms with van der Waals surface area (Å²) in [6.07, 6.45) is -8.70. The minimum absolute atomic E-state index is 0.107. The van der Waals surface area contributed by atoms with Crippen LogP contribution in [0, 0.1) is 11.6 Å². The van der Waals surface area contributed by atoms with E-state index in [1.807, 2.05) is 0 Å². The number of carbonyl (C=O) groups is 2. The maximum Gasteiger partial charge on any atom is 0.433 e. The Morgan fingerprint density at radius 2 is 1.75 bits per heavy atom. The third kappa shape index (κ3) is 5.56. The summed E-state index contributed by atoms with van der Waals surface area (Å²) in [5, 5.41) is 15.8. The van der Waals surface area contributed by atoms with E-state index in [-0.39, 0.29) is 18.5 Å². The van der Waals surface area contributed by atoms with Crippen LogP contribution in [0.4, 0.5) is 40.8 Å². The highest BCUT2D eigenvalue weighted by atomic mass is 19.4. The fraction of sp³-hybridized carbons (Fsp3) is 0.286. The summed E-state index contributed by atoms with van der Waals surface area (Å²) >= 11 is 0. The first-order valence-corrected chi connectivity index (χ1v) is 12.9. The van der Waals surface area contributed by atoms with Crippen molar-refractivity contribution >= 4 is 17.5 Å². The third-order valence-electron chi connectivity index (χ3n) is 7.48. The van der Waals surface area contributed by atoms with Crippen molar-refractivity contribution in [2.45, 2.75) is 44.2 Å². The van der Waals surface area contributed by atoms with Gasteiger partial charge in [-0.1, -0.05) is 6.07 Å². The fourth-order valence-corrected chi connectivity index (χ4v) is 5.24. The molecule has 2 amide bonds. The molecule has 0 spiro atoms. The molecule has 0 aliphatic carbocycles. The number of benzene rings is 2. The number of halogens is 8. The fourth-order valence-electron chi connectivity index (χ4n) is 5.24. The Morgan fingerprint density at radius 3 is 2.41 bits per heavy atom. The minimum Gasteiger partial charge on any atom is -0.509 e. The average molecular weight is 627 g/mol. The highest BCUT2D eigenvalue weighted by Crippen LogP contribution is 2.43. The molecule has 3 aromatic rings. The minimum atomic E-state index is -4.97. The molecule has 16 heteroatoms. The molecule has 1 fully saturated rings. The molecule has 44 heavy (non-hydrogen) atoms. The lowest BCUT2D eigenvalue weighted by atomic mass is 9.90. The van der Waals surface area contributed by atoms with Gasteiger partial charge in [0.25, 0.3) is 11.8 Å². The first-order chi connectivity index (χ1) is 20.5. The molecular formula is C28H21F8N5O3. The van der Waals surface area contributed by atoms with Crippen molar-refractivity contribution in [3.63, 3.8) is 0 Å². The lowest BCUT2D eigenvalue weighted by Gasteiger charge is -2.46. The number of fused-ring (bicyclic) bond motifs is 1. The van der Waals surface area contributed by atoms with E-state index in [0.717, 1.165) is 23.2 Å². The van der Waals surface area contributed by atoms with Crippen LogP contribution in [0.25, 0.3) is 11.3 Å². The lowest BCUT2D eigenvalue weighted by molar-refractivity contribution is -0.160. The zero-order valence-corrected chi connectivity index (χ0v) is 22.5. The lowest BCUT2D eigenvalue weighted by Crippen LogP contribution is -2.60. The summed E-state index contributed by atoms with van der Waals surface area (Å²) in [5.74, 6) is -4.89. The molecule has 8 nitrogen and oxygen atoms in total. The Kier molecular flexibility index (Phi) is 7.60. The van der Waals surface area contributed by atoms with Crippen molar-refractivity contribution in [3.05, 3.63) is 88.6 Å². The van der Waals surface area contributed by atoms with Gasteiger partial charge in [0.2, 0.25) is 0 Å². The van der Waals surface area contributed by atoms with Gasteiger partial charge in [-0.3, -0.25) is 14.6 Å². The number of hydrazine groups is 1. The maximum atomic E-state index is 14.5. The van der Waals surface area contributed by atoms with Gasteiger partial charge in [0.15, 0.2) is 0 Å². The van der Waals surface area contributed by atoms with Crippen LogP contribution in [-0.2, 0) is 28.5 Å². The van der Waals surface area contributed by atoms with Crippen molar-refractivity contribution in [3.8, 4) is 11.3 Å². The van der Waals surface area contributed by atoms with E-state index in [2.05, 4.69) is 15.3 Å². The number of nitrogens with zero attached hydrogens (tertiary/aromatic N) is 4. The molecule has 0 saturated carbocycles. The van der Waals surface area contributed by atoms with Crippen molar-refractivity contribution < 1.29 is 49.8 Å². The van der Waals surface area contributed by atoms with Gasteiger partial charge in [0.1, 0.15) is 35.0 Å². The second kappa shape index (κ2) is 10.8. The van der Waals surface area contributed by atoms with E-state index in [0.29, 0.717) is 37.0 Å². The summed E-state index contributed by atoms with van der Waals surface area (Å²) in [7, 11) is 0. The average Bonchev–Trinajstić information content (AvgIpc) is 3.34. The van der Waals surface area contributed by atoms with Crippen LogP contribution in [0.2, 0.25) is 0 Å². The number of alkyl halides is 6. The monoisotopic (exact) mass is 627 g/mol. The molecule has 0 bridgehead atoms. The Bertz CT molecular complexity index is 1690. The molecule has 1 unspecified atom stereocenters. The number of hydrogen-bond acceptors (Lipinski definition) is 6. The second-order valence-corrected chi connectivity index (χ2v) is 10.3. The molecular weight excluding hydrogens is 606 g/mol. The molecule has 2 aliphatic heterocycles. The quantitative estimate of drug-likeness (QED) is 0.265. The SMILES string of the molecule is CC12CCCN1N(Cc1ccc(F)cc1F)C(=O)C(C(=O)Nc1ccc(C(F)(F)F)cc1-c1cc(C(F)(F)F)ncn1)=C2O. The normalized spacial score (nSPS) is 19.4. The summed E-state index contributed by atoms with van der Waals surface area (Å²) in [6, 6.07) is 4.88. The van der Waals surface area contributed by atoms with Crippen molar-refractivity contribution in [2.24, 2.45) is 0 Å². The molecule has 2 aliphatic rings. The number of nitrogens with one attached hydrogen (secondary N) is 1. The van der Waals surface area contributed by atoms with Crippen LogP contribution in [0.1, 0.15) is 36.6 Å². The molecule has 2 N–H and O–H groups in total. The number of hydrogen-bond donors (Lipinski definition) is 2. The van der Waals surface area contributed by atoms with Crippen LogP contribution in [-0.4, -0.2) is 49.0 Å². The number of aromatic nitrogens is 2. The predicted molar refractivity (Wildman–Crippen MR) is 137 cm³/mol. The van der Waals surface area contributed by atoms with Gasteiger partial charge < -0.3 is 10.4 Å². The second-order valence-electron chi connectivity index (χ2n) is 10.3. The summed E-state index contributed by atoms with van der Waals surface area (Å²) in [4.78, 5) is 34.0. The molecule has 1 saturated heterocycles. The standard InChI is InChI=1S/C28H21F8N5O3/c1-26-7-2-8-41(26)40(12-14-3-5-16(29)10-18(14)30)25(44)22(23(26)42)24(43)39-19-6-4-15(27(31,32)33)9-17(19)20-11-21(28(34,35)36)38-13-37-20/h3-6,9-11,13,42H,2,7-8,12H2,1H3,(H,39,43). The first kappa shape index (κ1) is 30.8. The number of amides is 2. The van der Waals surface area contributed by atoms with E-state index in [4.69, 9.17) is 0 Å². The molecule has 0 radical (unpaired) electrons. The largest absolute Gasteiger partial charge is 0.509 e. The van der Waals surface area contributed by atoms with E-state index in [1.165, 1.54) is 11.9 Å². The van der Waals surface area contributed by atoms with Crippen LogP contribution in [0.15, 0.2) is 60.1 Å². The van der Waals surface area contributed by atoms with Gasteiger partial charge in [0, 0.05) is 23.7 Å². The van der Waals surface area contributed by atoms with Crippen molar-refractivity contribution in [1.29, 1.82) is 0 Å². The summed E-state index contributed by atoms with van der Waals surface area (Å²) in [5.41, 5.74) is -6.64. The Morgan fingerprint density at radius 1 is 1.02 bits per heavy atom. The highest BCUT2D eigenvalue weighted by Gasteiger charge is 2.52. The van der Waals surface area contributed by atoms with Gasteiger partial charge in [-0.05, 0) is 50.1 Å². The zero-order chi connectivity index (χ0) is 32.2. The maximum absolute atomic E-state index is 14.5. The Hall–Kier alpha value is -4.60. The molecule has 1 aromatic heterocycles. The molecule has 3 heterocycles. The number of anilines is 1. The van der Waals surface area contributed by atoms with Gasteiger partial charge >= 0.3 is 12.4 Å². The van der Waals surface area contributed by atoms with Crippen LogP contribution < -0.4 is 5.32 Å². The Labute approximate surface area is 243 Å². The third-order valence-corrected chi connectivity index (χ3v) is 7.48. The van der Waals surface area contributed by atoms with Gasteiger partial charge in [-0.15, -0.1) is 0 Å². The van der Waals surface area contributed by atoms with E-state index >= 15 is 0 Å². The van der Waals surface area contributed by atoms with E-state index in [9.17, 15) is 49.8 Å². The first-order valence-electron chi connectivity index (χ1n) is 12.9. The van der Waals surface area contributed by atoms with Crippen LogP contribution >= 0.6 is 0 Å². The number of carbonyl (C=O) groups excluding carboxylic acids is 2. The number of aliphatic hydroxyl groups is 1. The van der Waals surface area contributed by atoms with Gasteiger partial charge in [-0.25, -0.2) is 23.8 Å². The van der Waals surface area contributed by atoms with E-state index < -0.39 is 87.4 Å². The summed E-state index contributed by atoms with van der Waals surface area (Å²) in [6.45, 7) is 1.28. The zero-order valence-electron chi connectivity index (χ0n) is 22.5. The van der Waals surface area contributed by atoms with Crippen LogP contribution in [0.3, 0.4) is 0 Å². The molecule has 1 atom stereocenters. The van der Waals surface area contributed by atoms with Gasteiger partial charge in [0.05, 0.1) is 29.0 Å². The molecule has 232 valence electrons. The molecule has 2 aromatic carbocycles. The van der Waals surface area contributed by atoms with Gasteiger partial charge in [-0.2, -0.15) is 26.3 Å². The summed E-state index contributed by atoms with van der Waals surface area (Å²) < 4.78 is 109.